The first-order valence-corrected chi connectivity index (χ1v) is 33.4. The SMILES string of the molecule is CC/C=C\C/C=C\C/C=C\C/C=C\C/C=C\C/C=C\C/C=C\C/C=C\C/C=C\C/C=C\C/C=C\CCCCCC(=O)OC(COC(=O)CCCCCCCC/C=C\C/C=C\C/C=C\CCCCCCC)COP(=O)(O)OCC[N+](C)(C)C. The van der Waals surface area contributed by atoms with Gasteiger partial charge in [0.1, 0.15) is 19.8 Å². The van der Waals surface area contributed by atoms with Crippen LogP contribution in [0.3, 0.4) is 0 Å². The van der Waals surface area contributed by atoms with Gasteiger partial charge in [0, 0.05) is 12.8 Å². The minimum atomic E-state index is -4.41. The molecule has 0 heterocycles. The molecule has 0 amide bonds. The Balaban J connectivity index is 4.28. The van der Waals surface area contributed by atoms with E-state index in [2.05, 4.69) is 184 Å². The fraction of sp³-hybridized carbons (Fsp3) is 0.583. The largest absolute Gasteiger partial charge is 0.472 e. The molecule has 0 aliphatic carbocycles. The molecule has 0 aromatic heterocycles. The molecule has 0 fully saturated rings. The molecule has 1 N–H and O–H groups in total. The molecule has 82 heavy (non-hydrogen) atoms. The van der Waals surface area contributed by atoms with E-state index < -0.39 is 32.5 Å². The molecule has 0 aromatic carbocycles. The van der Waals surface area contributed by atoms with Crippen LogP contribution in [0.5, 0.6) is 0 Å². The molecule has 10 heteroatoms. The lowest BCUT2D eigenvalue weighted by Gasteiger charge is -2.24. The van der Waals surface area contributed by atoms with Crippen molar-refractivity contribution in [1.82, 2.24) is 0 Å². The smallest absolute Gasteiger partial charge is 0.462 e. The van der Waals surface area contributed by atoms with Gasteiger partial charge >= 0.3 is 19.8 Å². The summed E-state index contributed by atoms with van der Waals surface area (Å²) in [7, 11) is 1.42. The Bertz CT molecular complexity index is 1990. The number of phosphoric acid groups is 1. The van der Waals surface area contributed by atoms with Crippen molar-refractivity contribution in [2.75, 3.05) is 47.5 Å². The zero-order chi connectivity index (χ0) is 59.8. The first-order chi connectivity index (χ1) is 40.0. The summed E-state index contributed by atoms with van der Waals surface area (Å²) < 4.78 is 34.5. The number of allylic oxidation sites excluding steroid dienone is 28. The van der Waals surface area contributed by atoms with Crippen LogP contribution in [0, 0.1) is 0 Å². The van der Waals surface area contributed by atoms with E-state index in [0.717, 1.165) is 141 Å². The summed E-state index contributed by atoms with van der Waals surface area (Å²) in [6.45, 7) is 4.23. The molecular weight excluding hydrogens is 1040 g/mol. The van der Waals surface area contributed by atoms with E-state index in [1.165, 1.54) is 38.5 Å². The van der Waals surface area contributed by atoms with Crippen molar-refractivity contribution >= 4 is 19.8 Å². The van der Waals surface area contributed by atoms with Gasteiger partial charge in [-0.3, -0.25) is 18.6 Å². The number of hydrogen-bond acceptors (Lipinski definition) is 7. The number of carbonyl (C=O) groups excluding carboxylic acids is 2. The molecular formula is C72H117NO8P+. The van der Waals surface area contributed by atoms with Gasteiger partial charge in [-0.25, -0.2) is 4.57 Å². The maximum absolute atomic E-state index is 12.8. The summed E-state index contributed by atoms with van der Waals surface area (Å²) in [6, 6.07) is 0. The molecule has 0 spiro atoms. The average molecular weight is 1160 g/mol. The summed E-state index contributed by atoms with van der Waals surface area (Å²) in [5, 5.41) is 0. The Morgan fingerprint density at radius 2 is 0.695 bits per heavy atom. The number of unbranched alkanes of at least 4 members (excludes halogenated alkanes) is 14. The predicted molar refractivity (Wildman–Crippen MR) is 353 cm³/mol. The van der Waals surface area contributed by atoms with Crippen LogP contribution in [0.4, 0.5) is 0 Å². The van der Waals surface area contributed by atoms with Crippen LogP contribution >= 0.6 is 7.82 Å². The lowest BCUT2D eigenvalue weighted by atomic mass is 10.1. The monoisotopic (exact) mass is 1150 g/mol. The van der Waals surface area contributed by atoms with Gasteiger partial charge in [-0.15, -0.1) is 0 Å². The van der Waals surface area contributed by atoms with Gasteiger partial charge in [-0.1, -0.05) is 242 Å². The molecule has 0 aliphatic heterocycles. The van der Waals surface area contributed by atoms with Crippen molar-refractivity contribution in [3.05, 3.63) is 170 Å². The van der Waals surface area contributed by atoms with Crippen molar-refractivity contribution in [2.24, 2.45) is 0 Å². The minimum Gasteiger partial charge on any atom is -0.462 e. The van der Waals surface area contributed by atoms with E-state index in [9.17, 15) is 19.0 Å². The Morgan fingerprint density at radius 3 is 1.05 bits per heavy atom. The summed E-state index contributed by atoms with van der Waals surface area (Å²) >= 11 is 0. The Labute approximate surface area is 502 Å². The predicted octanol–water partition coefficient (Wildman–Crippen LogP) is 20.6. The quantitative estimate of drug-likeness (QED) is 0.0211. The maximum atomic E-state index is 12.8. The van der Waals surface area contributed by atoms with Gasteiger partial charge in [0.05, 0.1) is 27.7 Å². The molecule has 0 rings (SSSR count). The van der Waals surface area contributed by atoms with Crippen LogP contribution in [-0.2, 0) is 32.7 Å². The van der Waals surface area contributed by atoms with Gasteiger partial charge in [0.2, 0.25) is 0 Å². The highest BCUT2D eigenvalue weighted by Gasteiger charge is 2.27. The van der Waals surface area contributed by atoms with Crippen molar-refractivity contribution in [1.29, 1.82) is 0 Å². The van der Waals surface area contributed by atoms with E-state index >= 15 is 0 Å². The van der Waals surface area contributed by atoms with Gasteiger partial charge in [0.15, 0.2) is 6.10 Å². The third-order valence-corrected chi connectivity index (χ3v) is 13.7. The second kappa shape index (κ2) is 60.9. The second-order valence-corrected chi connectivity index (χ2v) is 23.2. The highest BCUT2D eigenvalue weighted by Crippen LogP contribution is 2.43. The molecule has 0 aromatic rings. The van der Waals surface area contributed by atoms with Gasteiger partial charge in [-0.05, 0) is 135 Å². The third kappa shape index (κ3) is 64.5. The molecule has 0 saturated carbocycles. The number of hydrogen-bond donors (Lipinski definition) is 1. The van der Waals surface area contributed by atoms with Crippen LogP contribution in [-0.4, -0.2) is 74.9 Å². The van der Waals surface area contributed by atoms with Gasteiger partial charge in [0.25, 0.3) is 0 Å². The van der Waals surface area contributed by atoms with Crippen molar-refractivity contribution in [2.45, 2.75) is 225 Å². The minimum absolute atomic E-state index is 0.0126. The number of likely N-dealkylation sites (N-methyl/N-ethyl adjacent to an activating group) is 1. The molecule has 0 bridgehead atoms. The zero-order valence-electron chi connectivity index (χ0n) is 52.4. The first kappa shape index (κ1) is 77.4. The number of esters is 2. The number of nitrogens with zero attached hydrogens (tertiary/aromatic N) is 1. The Morgan fingerprint density at radius 1 is 0.390 bits per heavy atom. The van der Waals surface area contributed by atoms with Crippen LogP contribution < -0.4 is 0 Å². The van der Waals surface area contributed by atoms with Crippen molar-refractivity contribution in [3.8, 4) is 0 Å². The number of ether oxygens (including phenoxy) is 2. The van der Waals surface area contributed by atoms with Crippen LogP contribution in [0.2, 0.25) is 0 Å². The molecule has 2 atom stereocenters. The number of phosphoric ester groups is 1. The van der Waals surface area contributed by atoms with Crippen molar-refractivity contribution in [3.63, 3.8) is 0 Å². The summed E-state index contributed by atoms with van der Waals surface area (Å²) in [5.74, 6) is -0.864. The van der Waals surface area contributed by atoms with Gasteiger partial charge in [-0.2, -0.15) is 0 Å². The molecule has 2 unspecified atom stereocenters. The molecule has 0 saturated heterocycles. The highest BCUT2D eigenvalue weighted by atomic mass is 31.2. The van der Waals surface area contributed by atoms with E-state index in [1.54, 1.807) is 0 Å². The topological polar surface area (TPSA) is 108 Å². The first-order valence-electron chi connectivity index (χ1n) is 31.9. The number of carbonyl (C=O) groups is 2. The Hall–Kier alpha value is -4.63. The molecule has 0 aliphatic rings. The fourth-order valence-corrected chi connectivity index (χ4v) is 8.59. The number of quaternary nitrogens is 1. The van der Waals surface area contributed by atoms with E-state index in [-0.39, 0.29) is 26.1 Å². The maximum Gasteiger partial charge on any atom is 0.472 e. The second-order valence-electron chi connectivity index (χ2n) is 21.7. The molecule has 0 radical (unpaired) electrons. The lowest BCUT2D eigenvalue weighted by molar-refractivity contribution is -0.870. The molecule has 462 valence electrons. The number of rotatable bonds is 56. The summed E-state index contributed by atoms with van der Waals surface area (Å²) in [6.07, 6.45) is 92.9. The lowest BCUT2D eigenvalue weighted by Crippen LogP contribution is -2.37. The van der Waals surface area contributed by atoms with Crippen LogP contribution in [0.25, 0.3) is 0 Å². The van der Waals surface area contributed by atoms with E-state index in [4.69, 9.17) is 18.5 Å². The standard InChI is InChI=1S/C72H116NO8P/c1-6-8-10-12-14-16-18-20-22-24-26-28-29-30-31-32-33-34-35-36-37-38-39-40-41-42-43-45-47-49-51-53-55-57-59-61-63-65-72(75)81-70(69-80-82(76,77)79-67-66-73(3,4)5)68-78-71(74)64-62-60-58-56-54-52-50-48-46-44-27-25-23-21-19-17-15-13-11-9-7-2/h8,10,14,16,19-22,25-28,30-31,33-34,36-37,39-40,42-43,46-49,53,55,70H,6-7,9,11-13,15,17-18,23-24,29,32,35,38,41,44-45,50-52,54,56-69H2,1-5H3/p+1/b10-8-,16-14-,21-19-,22-20-,27-25-,28-26-,31-30-,34-33-,37-36-,40-39-,43-42-,48-46-,49-47-,55-53-. The average Bonchev–Trinajstić information content (AvgIpc) is 3.46. The van der Waals surface area contributed by atoms with Crippen LogP contribution in [0.1, 0.15) is 219 Å². The summed E-state index contributed by atoms with van der Waals surface area (Å²) in [5.41, 5.74) is 0. The normalized spacial score (nSPS) is 14.4. The van der Waals surface area contributed by atoms with E-state index in [1.807, 2.05) is 21.1 Å². The third-order valence-electron chi connectivity index (χ3n) is 12.7. The van der Waals surface area contributed by atoms with Gasteiger partial charge < -0.3 is 18.9 Å². The summed E-state index contributed by atoms with van der Waals surface area (Å²) in [4.78, 5) is 35.7. The zero-order valence-corrected chi connectivity index (χ0v) is 53.3. The fourth-order valence-electron chi connectivity index (χ4n) is 7.85. The van der Waals surface area contributed by atoms with Crippen molar-refractivity contribution < 1.29 is 42.1 Å². The Kier molecular flexibility index (Phi) is 57.5. The van der Waals surface area contributed by atoms with Crippen LogP contribution in [0.15, 0.2) is 170 Å². The molecule has 9 nitrogen and oxygen atoms in total. The van der Waals surface area contributed by atoms with E-state index in [0.29, 0.717) is 23.9 Å². The highest BCUT2D eigenvalue weighted by molar-refractivity contribution is 7.47.